The molecule has 3 unspecified atom stereocenters. The van der Waals surface area contributed by atoms with Crippen molar-refractivity contribution in [2.75, 3.05) is 9.80 Å². The van der Waals surface area contributed by atoms with Gasteiger partial charge in [-0.3, -0.25) is 0 Å². The number of benzene rings is 10. The third kappa shape index (κ3) is 5.54. The van der Waals surface area contributed by atoms with Gasteiger partial charge in [0.15, 0.2) is 23.0 Å². The van der Waals surface area contributed by atoms with Crippen LogP contribution in [0.2, 0.25) is 0 Å². The molecular formula is C63H42N2O2. The van der Waals surface area contributed by atoms with Crippen LogP contribution in [0, 0.1) is 5.92 Å². The molecular weight excluding hydrogens is 817 g/mol. The molecule has 0 saturated carbocycles. The van der Waals surface area contributed by atoms with E-state index in [2.05, 4.69) is 252 Å². The van der Waals surface area contributed by atoms with E-state index in [1.807, 2.05) is 0 Å². The molecule has 3 atom stereocenters. The van der Waals surface area contributed by atoms with Gasteiger partial charge in [0.25, 0.3) is 0 Å². The second kappa shape index (κ2) is 14.7. The highest BCUT2D eigenvalue weighted by Gasteiger charge is 2.58. The fourth-order valence-corrected chi connectivity index (χ4v) is 11.8. The van der Waals surface area contributed by atoms with E-state index in [0.29, 0.717) is 17.2 Å². The zero-order chi connectivity index (χ0) is 44.1. The molecule has 14 rings (SSSR count). The number of nitrogens with zero attached hydrogens (tertiary/aromatic N) is 2. The van der Waals surface area contributed by atoms with E-state index in [9.17, 15) is 0 Å². The summed E-state index contributed by atoms with van der Waals surface area (Å²) in [6.07, 6.45) is 9.26. The van der Waals surface area contributed by atoms with Crippen molar-refractivity contribution in [1.29, 1.82) is 0 Å². The topological polar surface area (TPSA) is 24.9 Å². The molecule has 1 heterocycles. The Morgan fingerprint density at radius 1 is 0.373 bits per heavy atom. The zero-order valence-electron chi connectivity index (χ0n) is 36.5. The van der Waals surface area contributed by atoms with E-state index in [0.717, 1.165) is 56.2 Å². The van der Waals surface area contributed by atoms with Crippen LogP contribution in [-0.2, 0) is 5.41 Å². The lowest BCUT2D eigenvalue weighted by atomic mass is 9.65. The first-order valence-electron chi connectivity index (χ1n) is 23.2. The Hall–Kier alpha value is -8.60. The molecule has 4 nitrogen and oxygen atoms in total. The predicted octanol–water partition coefficient (Wildman–Crippen LogP) is 17.0. The molecule has 0 fully saturated rings. The van der Waals surface area contributed by atoms with Crippen LogP contribution in [0.5, 0.6) is 23.0 Å². The maximum absolute atomic E-state index is 7.75. The summed E-state index contributed by atoms with van der Waals surface area (Å²) in [5.74, 6) is 3.13. The van der Waals surface area contributed by atoms with Crippen LogP contribution >= 0.6 is 0 Å². The van der Waals surface area contributed by atoms with Crippen molar-refractivity contribution in [3.05, 3.63) is 265 Å². The first-order valence-corrected chi connectivity index (χ1v) is 23.2. The summed E-state index contributed by atoms with van der Waals surface area (Å²) < 4.78 is 15.3. The predicted molar refractivity (Wildman–Crippen MR) is 274 cm³/mol. The molecule has 0 radical (unpaired) electrons. The van der Waals surface area contributed by atoms with Crippen molar-refractivity contribution in [3.8, 4) is 34.1 Å². The molecule has 0 saturated heterocycles. The van der Waals surface area contributed by atoms with Crippen LogP contribution < -0.4 is 19.3 Å². The van der Waals surface area contributed by atoms with Crippen LogP contribution in [-0.4, -0.2) is 0 Å². The minimum absolute atomic E-state index is 0.192. The van der Waals surface area contributed by atoms with Gasteiger partial charge >= 0.3 is 0 Å². The van der Waals surface area contributed by atoms with Gasteiger partial charge in [-0.1, -0.05) is 176 Å². The number of hydrogen-bond donors (Lipinski definition) is 0. The lowest BCUT2D eigenvalue weighted by Gasteiger charge is -2.37. The number of allylic oxidation sites excluding steroid dienone is 4. The van der Waals surface area contributed by atoms with Crippen molar-refractivity contribution in [2.45, 2.75) is 11.3 Å². The van der Waals surface area contributed by atoms with Crippen molar-refractivity contribution < 1.29 is 9.47 Å². The Morgan fingerprint density at radius 3 is 1.57 bits per heavy atom. The Labute approximate surface area is 389 Å². The molecule has 0 aromatic heterocycles. The molecule has 0 amide bonds. The molecule has 10 aromatic carbocycles. The van der Waals surface area contributed by atoms with Gasteiger partial charge in [0.05, 0.1) is 16.8 Å². The largest absolute Gasteiger partial charge is 0.447 e. The van der Waals surface area contributed by atoms with Gasteiger partial charge in [-0.25, -0.2) is 0 Å². The summed E-state index contributed by atoms with van der Waals surface area (Å²) in [5.41, 5.74) is 12.9. The minimum Gasteiger partial charge on any atom is -0.447 e. The fraction of sp³-hybridized carbons (Fsp3) is 0.0476. The van der Waals surface area contributed by atoms with Crippen LogP contribution in [0.3, 0.4) is 0 Å². The summed E-state index contributed by atoms with van der Waals surface area (Å²) in [6.45, 7) is 0. The summed E-state index contributed by atoms with van der Waals surface area (Å²) in [4.78, 5) is 4.60. The SMILES string of the molecule is C1=CC2c3ccccc3C3(c4ccccc4-c4c3ccc3c4Oc4c(N(c5ccccc5)c5ccc6ccccc6c5)ccc(N(c5ccccc5)c5ccc6ccccc6c5)c4O3)C2C=C1. The van der Waals surface area contributed by atoms with Gasteiger partial charge in [-0.05, 0) is 116 Å². The summed E-state index contributed by atoms with van der Waals surface area (Å²) >= 11 is 0. The lowest BCUT2D eigenvalue weighted by Crippen LogP contribution is -2.32. The molecule has 1 spiro atoms. The first-order chi connectivity index (χ1) is 33.2. The second-order valence-corrected chi connectivity index (χ2v) is 17.9. The fourth-order valence-electron chi connectivity index (χ4n) is 11.8. The lowest BCUT2D eigenvalue weighted by molar-refractivity contribution is 0.361. The van der Waals surface area contributed by atoms with E-state index in [1.54, 1.807) is 0 Å². The number of rotatable bonds is 6. The summed E-state index contributed by atoms with van der Waals surface area (Å²) in [5, 5.41) is 4.67. The molecule has 0 N–H and O–H groups in total. The normalized spacial score (nSPS) is 17.7. The molecule has 3 aliphatic carbocycles. The highest BCUT2D eigenvalue weighted by Crippen LogP contribution is 2.69. The van der Waals surface area contributed by atoms with Crippen LogP contribution in [0.4, 0.5) is 34.1 Å². The number of hydrogen-bond acceptors (Lipinski definition) is 4. The molecule has 4 heteroatoms. The van der Waals surface area contributed by atoms with E-state index >= 15 is 0 Å². The third-order valence-electron chi connectivity index (χ3n) is 14.5. The Balaban J connectivity index is 1.04. The minimum atomic E-state index is -0.418. The van der Waals surface area contributed by atoms with Gasteiger partial charge in [-0.15, -0.1) is 0 Å². The standard InChI is InChI=1S/C63H42N2O2/c1-3-21-45(22-4-1)64(47-33-31-41-17-7-9-19-43(41)39-47)56-36-37-57(65(46-23-5-2-6-24-46)48-34-32-42-18-8-10-20-44(42)40-48)61-60(56)66-58-38-35-55-59(62(58)67-61)51-27-13-16-30-54(51)63(55)52-28-14-11-25-49(52)50-26-12-15-29-53(50)63/h1-40,49,52H. The molecule has 67 heavy (non-hydrogen) atoms. The van der Waals surface area contributed by atoms with Crippen LogP contribution in [0.25, 0.3) is 32.7 Å². The highest BCUT2D eigenvalue weighted by molar-refractivity contribution is 5.97. The van der Waals surface area contributed by atoms with Gasteiger partial charge in [-0.2, -0.15) is 0 Å². The summed E-state index contributed by atoms with van der Waals surface area (Å²) in [7, 11) is 0. The van der Waals surface area contributed by atoms with E-state index in [4.69, 9.17) is 9.47 Å². The molecule has 1 aliphatic heterocycles. The third-order valence-corrected chi connectivity index (χ3v) is 14.5. The highest BCUT2D eigenvalue weighted by atomic mass is 16.6. The van der Waals surface area contributed by atoms with E-state index < -0.39 is 5.41 Å². The van der Waals surface area contributed by atoms with Crippen molar-refractivity contribution in [1.82, 2.24) is 0 Å². The average Bonchev–Trinajstić information content (AvgIpc) is 3.87. The van der Waals surface area contributed by atoms with Gasteiger partial charge in [0, 0.05) is 40.1 Å². The quantitative estimate of drug-likeness (QED) is 0.166. The van der Waals surface area contributed by atoms with E-state index in [-0.39, 0.29) is 11.8 Å². The van der Waals surface area contributed by atoms with Crippen molar-refractivity contribution in [2.24, 2.45) is 5.92 Å². The first kappa shape index (κ1) is 37.7. The molecule has 316 valence electrons. The number of fused-ring (bicyclic) bond motifs is 15. The van der Waals surface area contributed by atoms with Crippen molar-refractivity contribution >= 4 is 55.7 Å². The van der Waals surface area contributed by atoms with Gasteiger partial charge in [0.2, 0.25) is 0 Å². The average molecular weight is 859 g/mol. The molecule has 10 aromatic rings. The van der Waals surface area contributed by atoms with Crippen LogP contribution in [0.15, 0.2) is 243 Å². The molecule has 0 bridgehead atoms. The maximum atomic E-state index is 7.75. The summed E-state index contributed by atoms with van der Waals surface area (Å²) in [6, 6.07) is 78.4. The molecule has 4 aliphatic rings. The monoisotopic (exact) mass is 858 g/mol. The maximum Gasteiger partial charge on any atom is 0.196 e. The zero-order valence-corrected chi connectivity index (χ0v) is 36.5. The van der Waals surface area contributed by atoms with Crippen LogP contribution in [0.1, 0.15) is 28.2 Å². The van der Waals surface area contributed by atoms with Gasteiger partial charge in [0.1, 0.15) is 0 Å². The number of anilines is 6. The Morgan fingerprint density at radius 2 is 0.910 bits per heavy atom. The Bertz CT molecular complexity index is 3690. The Kier molecular flexibility index (Phi) is 8.29. The van der Waals surface area contributed by atoms with E-state index in [1.165, 1.54) is 38.6 Å². The number of ether oxygens (including phenoxy) is 2. The number of para-hydroxylation sites is 2. The second-order valence-electron chi connectivity index (χ2n) is 17.9. The van der Waals surface area contributed by atoms with Crippen molar-refractivity contribution in [3.63, 3.8) is 0 Å². The van der Waals surface area contributed by atoms with Gasteiger partial charge < -0.3 is 19.3 Å². The smallest absolute Gasteiger partial charge is 0.196 e.